The van der Waals surface area contributed by atoms with E-state index in [-0.39, 0.29) is 0 Å². The minimum Gasteiger partial charge on any atom is -0.0683 e. The Morgan fingerprint density at radius 2 is 1.74 bits per heavy atom. The minimum atomic E-state index is 0.478. The maximum absolute atomic E-state index is 2.54. The molecule has 0 spiro atoms. The molecule has 0 aliphatic heterocycles. The van der Waals surface area contributed by atoms with Crippen molar-refractivity contribution in [3.63, 3.8) is 0 Å². The van der Waals surface area contributed by atoms with Crippen LogP contribution in [0.15, 0.2) is 0 Å². The summed E-state index contributed by atoms with van der Waals surface area (Å²) in [5, 5.41) is 0. The van der Waals surface area contributed by atoms with E-state index in [9.17, 15) is 0 Å². The maximum Gasteiger partial charge on any atom is -0.0295 e. The summed E-state index contributed by atoms with van der Waals surface area (Å²) in [5.41, 5.74) is 1.06. The molecule has 0 amide bonds. The van der Waals surface area contributed by atoms with Crippen molar-refractivity contribution in [1.29, 1.82) is 0 Å². The Hall–Kier alpha value is 0. The zero-order chi connectivity index (χ0) is 15.3. The van der Waals surface area contributed by atoms with Crippen molar-refractivity contribution in [2.75, 3.05) is 0 Å². The van der Waals surface area contributed by atoms with Gasteiger partial charge in [0.1, 0.15) is 0 Å². The zero-order valence-corrected chi connectivity index (χ0v) is 15.3. The van der Waals surface area contributed by atoms with E-state index in [1.165, 1.54) is 32.1 Å². The highest BCUT2D eigenvalue weighted by Crippen LogP contribution is 2.50. The Bertz CT molecular complexity index is 235. The van der Waals surface area contributed by atoms with Gasteiger partial charge in [0, 0.05) is 0 Å². The largest absolute Gasteiger partial charge is 0.0683 e. The standard InChI is InChI=1S/C17H34.C2H6/c1-8-13(2)15-9-10-17(7,14(3)11-15)12-16(4,5)6;1-2/h13-15H,8-12H2,1-7H3;1-2H3. The first-order valence-electron chi connectivity index (χ1n) is 8.68. The van der Waals surface area contributed by atoms with Crippen molar-refractivity contribution in [1.82, 2.24) is 0 Å². The van der Waals surface area contributed by atoms with E-state index in [2.05, 4.69) is 48.5 Å². The molecule has 1 rings (SSSR count). The summed E-state index contributed by atoms with van der Waals surface area (Å²) < 4.78 is 0. The molecule has 1 saturated carbocycles. The van der Waals surface area contributed by atoms with Crippen LogP contribution in [0.5, 0.6) is 0 Å². The second-order valence-corrected chi connectivity index (χ2v) is 8.21. The highest BCUT2D eigenvalue weighted by atomic mass is 14.5. The molecule has 4 unspecified atom stereocenters. The van der Waals surface area contributed by atoms with Crippen LogP contribution >= 0.6 is 0 Å². The molecule has 0 bridgehead atoms. The van der Waals surface area contributed by atoms with Gasteiger partial charge in [-0.25, -0.2) is 0 Å². The normalized spacial score (nSPS) is 33.3. The van der Waals surface area contributed by atoms with E-state index in [0.717, 1.165) is 17.8 Å². The lowest BCUT2D eigenvalue weighted by Gasteiger charge is -2.47. The van der Waals surface area contributed by atoms with Crippen molar-refractivity contribution in [2.24, 2.45) is 28.6 Å². The number of hydrogen-bond donors (Lipinski definition) is 0. The van der Waals surface area contributed by atoms with E-state index in [1.807, 2.05) is 13.8 Å². The fraction of sp³-hybridized carbons (Fsp3) is 1.00. The number of hydrogen-bond acceptors (Lipinski definition) is 0. The van der Waals surface area contributed by atoms with Gasteiger partial charge < -0.3 is 0 Å². The Labute approximate surface area is 123 Å². The Balaban J connectivity index is 0.00000154. The minimum absolute atomic E-state index is 0.478. The molecule has 0 aromatic heterocycles. The summed E-state index contributed by atoms with van der Waals surface area (Å²) in [6, 6.07) is 0. The number of rotatable bonds is 3. The van der Waals surface area contributed by atoms with Crippen LogP contribution in [0.3, 0.4) is 0 Å². The van der Waals surface area contributed by atoms with Crippen molar-refractivity contribution < 1.29 is 0 Å². The Kier molecular flexibility index (Phi) is 7.70. The molecular weight excluding hydrogens is 228 g/mol. The highest BCUT2D eigenvalue weighted by Gasteiger charge is 2.40. The molecule has 19 heavy (non-hydrogen) atoms. The van der Waals surface area contributed by atoms with Gasteiger partial charge >= 0.3 is 0 Å². The average Bonchev–Trinajstić information content (AvgIpc) is 2.32. The monoisotopic (exact) mass is 268 g/mol. The van der Waals surface area contributed by atoms with E-state index in [0.29, 0.717) is 10.8 Å². The molecule has 0 nitrogen and oxygen atoms in total. The predicted octanol–water partition coefficient (Wildman–Crippen LogP) is 6.94. The molecule has 4 atom stereocenters. The lowest BCUT2D eigenvalue weighted by atomic mass is 9.58. The molecular formula is C19H40. The van der Waals surface area contributed by atoms with E-state index in [1.54, 1.807) is 0 Å². The van der Waals surface area contributed by atoms with Gasteiger partial charge in [0.05, 0.1) is 0 Å². The van der Waals surface area contributed by atoms with Crippen molar-refractivity contribution in [3.8, 4) is 0 Å². The van der Waals surface area contributed by atoms with Crippen molar-refractivity contribution in [2.45, 2.75) is 94.4 Å². The quantitative estimate of drug-likeness (QED) is 0.520. The smallest absolute Gasteiger partial charge is 0.0295 e. The lowest BCUT2D eigenvalue weighted by molar-refractivity contribution is 0.0333. The van der Waals surface area contributed by atoms with Gasteiger partial charge in [-0.1, -0.05) is 68.7 Å². The SMILES string of the molecule is CC.CCC(C)C1CCC(C)(CC(C)(C)C)C(C)C1. The molecule has 0 heteroatoms. The third-order valence-electron chi connectivity index (χ3n) is 5.32. The van der Waals surface area contributed by atoms with Gasteiger partial charge in [0.25, 0.3) is 0 Å². The fourth-order valence-corrected chi connectivity index (χ4v) is 3.94. The molecule has 116 valence electrons. The fourth-order valence-electron chi connectivity index (χ4n) is 3.94. The third kappa shape index (κ3) is 5.88. The first kappa shape index (κ1) is 19.0. The summed E-state index contributed by atoms with van der Waals surface area (Å²) in [7, 11) is 0. The first-order valence-corrected chi connectivity index (χ1v) is 8.68. The van der Waals surface area contributed by atoms with Crippen LogP contribution in [-0.4, -0.2) is 0 Å². The average molecular weight is 269 g/mol. The molecule has 0 N–H and O–H groups in total. The summed E-state index contributed by atoms with van der Waals surface area (Å²) in [4.78, 5) is 0. The van der Waals surface area contributed by atoms with E-state index >= 15 is 0 Å². The zero-order valence-electron chi connectivity index (χ0n) is 15.3. The summed E-state index contributed by atoms with van der Waals surface area (Å²) in [6.07, 6.45) is 7.11. The molecule has 0 aromatic rings. The van der Waals surface area contributed by atoms with Crippen LogP contribution in [0.4, 0.5) is 0 Å². The van der Waals surface area contributed by atoms with Crippen molar-refractivity contribution >= 4 is 0 Å². The van der Waals surface area contributed by atoms with Gasteiger partial charge in [-0.2, -0.15) is 0 Å². The van der Waals surface area contributed by atoms with Gasteiger partial charge in [-0.15, -0.1) is 0 Å². The van der Waals surface area contributed by atoms with Gasteiger partial charge in [-0.05, 0) is 54.3 Å². The summed E-state index contributed by atoms with van der Waals surface area (Å²) in [5.74, 6) is 2.81. The predicted molar refractivity (Wildman–Crippen MR) is 89.5 cm³/mol. The van der Waals surface area contributed by atoms with Gasteiger partial charge in [0.15, 0.2) is 0 Å². The molecule has 1 aliphatic rings. The van der Waals surface area contributed by atoms with Crippen LogP contribution in [0.1, 0.15) is 94.4 Å². The Morgan fingerprint density at radius 1 is 1.21 bits per heavy atom. The van der Waals surface area contributed by atoms with Crippen LogP contribution in [0, 0.1) is 28.6 Å². The van der Waals surface area contributed by atoms with Gasteiger partial charge in [0.2, 0.25) is 0 Å². The molecule has 1 fully saturated rings. The molecule has 1 aliphatic carbocycles. The topological polar surface area (TPSA) is 0 Å². The third-order valence-corrected chi connectivity index (χ3v) is 5.32. The van der Waals surface area contributed by atoms with Crippen LogP contribution < -0.4 is 0 Å². The maximum atomic E-state index is 2.54. The van der Waals surface area contributed by atoms with Crippen LogP contribution in [0.2, 0.25) is 0 Å². The second kappa shape index (κ2) is 7.70. The molecule has 0 saturated heterocycles. The van der Waals surface area contributed by atoms with Crippen LogP contribution in [-0.2, 0) is 0 Å². The van der Waals surface area contributed by atoms with E-state index in [4.69, 9.17) is 0 Å². The van der Waals surface area contributed by atoms with E-state index < -0.39 is 0 Å². The second-order valence-electron chi connectivity index (χ2n) is 8.21. The first-order chi connectivity index (χ1) is 8.68. The Morgan fingerprint density at radius 3 is 2.11 bits per heavy atom. The van der Waals surface area contributed by atoms with Crippen molar-refractivity contribution in [3.05, 3.63) is 0 Å². The van der Waals surface area contributed by atoms with Crippen LogP contribution in [0.25, 0.3) is 0 Å². The highest BCUT2D eigenvalue weighted by molar-refractivity contribution is 4.90. The molecule has 0 radical (unpaired) electrons. The summed E-state index contributed by atoms with van der Waals surface area (Å²) >= 11 is 0. The van der Waals surface area contributed by atoms with Gasteiger partial charge in [-0.3, -0.25) is 0 Å². The summed E-state index contributed by atoms with van der Waals surface area (Å²) in [6.45, 7) is 21.0. The lowest BCUT2D eigenvalue weighted by Crippen LogP contribution is -2.37. The molecule has 0 aromatic carbocycles. The molecule has 0 heterocycles.